The molecule has 2 heterocycles. The molecule has 0 aliphatic carbocycles. The van der Waals surface area contributed by atoms with E-state index in [0.29, 0.717) is 28.3 Å². The first-order valence-electron chi connectivity index (χ1n) is 9.93. The van der Waals surface area contributed by atoms with Gasteiger partial charge in [0.15, 0.2) is 0 Å². The molecule has 2 aromatic carbocycles. The van der Waals surface area contributed by atoms with E-state index in [9.17, 15) is 14.0 Å². The normalized spacial score (nSPS) is 10.8. The summed E-state index contributed by atoms with van der Waals surface area (Å²) in [6.45, 7) is 0.0165. The molecule has 1 amide bonds. The third-order valence-electron chi connectivity index (χ3n) is 5.19. The molecule has 0 atom stereocenters. The van der Waals surface area contributed by atoms with Gasteiger partial charge in [-0.15, -0.1) is 0 Å². The van der Waals surface area contributed by atoms with Crippen LogP contribution < -0.4 is 20.3 Å². The molecule has 4 rings (SSSR count). The Morgan fingerprint density at radius 2 is 1.75 bits per heavy atom. The van der Waals surface area contributed by atoms with Crippen molar-refractivity contribution in [3.63, 3.8) is 0 Å². The highest BCUT2D eigenvalue weighted by atomic mass is 19.1. The summed E-state index contributed by atoms with van der Waals surface area (Å²) < 4.78 is 27.6. The van der Waals surface area contributed by atoms with Crippen molar-refractivity contribution < 1.29 is 18.7 Å². The van der Waals surface area contributed by atoms with E-state index in [1.54, 1.807) is 65.5 Å². The Morgan fingerprint density at radius 1 is 1.00 bits per heavy atom. The molecule has 0 bridgehead atoms. The number of anilines is 1. The number of rotatable bonds is 7. The number of hydrogen-bond acceptors (Lipinski definition) is 4. The number of aromatic nitrogens is 2. The topological polar surface area (TPSA) is 74.5 Å². The largest absolute Gasteiger partial charge is 0.497 e. The van der Waals surface area contributed by atoms with Gasteiger partial charge in [-0.1, -0.05) is 18.2 Å². The molecule has 0 saturated carbocycles. The Hall–Kier alpha value is -4.07. The summed E-state index contributed by atoms with van der Waals surface area (Å²) in [4.78, 5) is 25.8. The summed E-state index contributed by atoms with van der Waals surface area (Å²) in [6.07, 6.45) is 3.31. The second-order valence-corrected chi connectivity index (χ2v) is 7.20. The average Bonchev–Trinajstić information content (AvgIpc) is 3.20. The van der Waals surface area contributed by atoms with Crippen molar-refractivity contribution in [2.24, 2.45) is 0 Å². The highest BCUT2D eigenvalue weighted by molar-refractivity contribution is 5.92. The van der Waals surface area contributed by atoms with Crippen LogP contribution in [0.3, 0.4) is 0 Å². The summed E-state index contributed by atoms with van der Waals surface area (Å²) in [5, 5.41) is 3.48. The maximum Gasteiger partial charge on any atom is 0.275 e. The maximum atomic E-state index is 14.1. The number of amides is 1. The third-order valence-corrected chi connectivity index (χ3v) is 5.19. The van der Waals surface area contributed by atoms with Gasteiger partial charge in [0.1, 0.15) is 29.4 Å². The fraction of sp³-hybridized carbons (Fsp3) is 0.167. The number of carbonyl (C=O) groups excluding carboxylic acids is 1. The minimum absolute atomic E-state index is 0.194. The Morgan fingerprint density at radius 3 is 2.47 bits per heavy atom. The maximum absolute atomic E-state index is 14.1. The van der Waals surface area contributed by atoms with Gasteiger partial charge >= 0.3 is 0 Å². The molecule has 0 fully saturated rings. The smallest absolute Gasteiger partial charge is 0.275 e. The predicted octanol–water partition coefficient (Wildman–Crippen LogP) is 3.65. The van der Waals surface area contributed by atoms with Crippen LogP contribution in [0, 0.1) is 5.82 Å². The van der Waals surface area contributed by atoms with Gasteiger partial charge in [-0.3, -0.25) is 9.59 Å². The lowest BCUT2D eigenvalue weighted by atomic mass is 10.2. The summed E-state index contributed by atoms with van der Waals surface area (Å²) in [5.41, 5.74) is 0.982. The van der Waals surface area contributed by atoms with Gasteiger partial charge in [0, 0.05) is 29.4 Å². The molecule has 32 heavy (non-hydrogen) atoms. The zero-order valence-corrected chi connectivity index (χ0v) is 17.7. The van der Waals surface area contributed by atoms with Crippen LogP contribution in [-0.4, -0.2) is 29.3 Å². The predicted molar refractivity (Wildman–Crippen MR) is 120 cm³/mol. The van der Waals surface area contributed by atoms with Crippen molar-refractivity contribution in [2.45, 2.75) is 13.1 Å². The molecule has 164 valence electrons. The summed E-state index contributed by atoms with van der Waals surface area (Å²) >= 11 is 0. The van der Waals surface area contributed by atoms with Gasteiger partial charge in [0.2, 0.25) is 5.91 Å². The molecular weight excluding hydrogens is 413 g/mol. The fourth-order valence-corrected chi connectivity index (χ4v) is 3.57. The van der Waals surface area contributed by atoms with Crippen molar-refractivity contribution in [3.05, 3.63) is 88.7 Å². The van der Waals surface area contributed by atoms with Crippen LogP contribution >= 0.6 is 0 Å². The summed E-state index contributed by atoms with van der Waals surface area (Å²) in [7, 11) is 3.03. The minimum Gasteiger partial charge on any atom is -0.497 e. The van der Waals surface area contributed by atoms with E-state index in [4.69, 9.17) is 9.47 Å². The number of carbonyl (C=O) groups is 1. The number of pyridine rings is 1. The number of hydrogen-bond donors (Lipinski definition) is 1. The van der Waals surface area contributed by atoms with Crippen LogP contribution in [-0.2, 0) is 17.9 Å². The lowest BCUT2D eigenvalue weighted by molar-refractivity contribution is -0.116. The van der Waals surface area contributed by atoms with E-state index in [0.717, 1.165) is 5.39 Å². The van der Waals surface area contributed by atoms with E-state index in [1.165, 1.54) is 24.9 Å². The monoisotopic (exact) mass is 435 g/mol. The molecule has 1 N–H and O–H groups in total. The highest BCUT2D eigenvalue weighted by Gasteiger charge is 2.14. The number of methoxy groups -OCH3 is 2. The summed E-state index contributed by atoms with van der Waals surface area (Å²) in [6, 6.07) is 15.0. The molecule has 8 heteroatoms. The van der Waals surface area contributed by atoms with Gasteiger partial charge in [-0.25, -0.2) is 4.39 Å². The first-order chi connectivity index (χ1) is 15.5. The second-order valence-electron chi connectivity index (χ2n) is 7.20. The lowest BCUT2D eigenvalue weighted by Gasteiger charge is -2.13. The van der Waals surface area contributed by atoms with Gasteiger partial charge in [0.25, 0.3) is 5.56 Å². The van der Waals surface area contributed by atoms with E-state index in [1.807, 2.05) is 0 Å². The standard InChI is InChI=1S/C24H22FN3O4/c1-31-18-7-8-21(32-2)20(13-18)26-22(29)15-28-12-10-16-9-11-27(23(16)24(28)30)14-17-5-3-4-6-19(17)25/h3-13H,14-15H2,1-2H3,(H,26,29). The quantitative estimate of drug-likeness (QED) is 0.481. The molecule has 7 nitrogen and oxygen atoms in total. The van der Waals surface area contributed by atoms with Crippen molar-refractivity contribution in [2.75, 3.05) is 19.5 Å². The Bertz CT molecular complexity index is 1340. The van der Waals surface area contributed by atoms with Crippen LogP contribution in [0.1, 0.15) is 5.56 Å². The van der Waals surface area contributed by atoms with Crippen LogP contribution in [0.25, 0.3) is 10.9 Å². The first-order valence-corrected chi connectivity index (χ1v) is 9.93. The van der Waals surface area contributed by atoms with E-state index in [2.05, 4.69) is 5.32 Å². The van der Waals surface area contributed by atoms with Gasteiger partial charge in [-0.2, -0.15) is 0 Å². The van der Waals surface area contributed by atoms with Crippen LogP contribution in [0.5, 0.6) is 11.5 Å². The number of halogens is 1. The molecule has 0 aliphatic rings. The number of nitrogens with one attached hydrogen (secondary N) is 1. The molecule has 2 aromatic heterocycles. The fourth-order valence-electron chi connectivity index (χ4n) is 3.57. The number of benzene rings is 2. The molecule has 4 aromatic rings. The summed E-state index contributed by atoms with van der Waals surface area (Å²) in [5.74, 6) is 0.300. The zero-order chi connectivity index (χ0) is 22.7. The number of nitrogens with zero attached hydrogens (tertiary/aromatic N) is 2. The van der Waals surface area contributed by atoms with Crippen LogP contribution in [0.15, 0.2) is 71.8 Å². The number of ether oxygens (including phenoxy) is 2. The average molecular weight is 435 g/mol. The SMILES string of the molecule is COc1ccc(OC)c(NC(=O)Cn2ccc3ccn(Cc4ccccc4F)c3c2=O)c1. The third kappa shape index (κ3) is 4.20. The second kappa shape index (κ2) is 8.97. The van der Waals surface area contributed by atoms with Crippen molar-refractivity contribution in [1.29, 1.82) is 0 Å². The Balaban J connectivity index is 1.60. The Kier molecular flexibility index (Phi) is 5.93. The van der Waals surface area contributed by atoms with Crippen molar-refractivity contribution >= 4 is 22.5 Å². The number of fused-ring (bicyclic) bond motifs is 1. The van der Waals surface area contributed by atoms with Crippen molar-refractivity contribution in [3.8, 4) is 11.5 Å². The van der Waals surface area contributed by atoms with E-state index >= 15 is 0 Å². The molecule has 0 saturated heterocycles. The highest BCUT2D eigenvalue weighted by Crippen LogP contribution is 2.28. The van der Waals surface area contributed by atoms with Crippen LogP contribution in [0.4, 0.5) is 10.1 Å². The Labute approximate surface area is 183 Å². The van der Waals surface area contributed by atoms with Gasteiger partial charge in [0.05, 0.1) is 26.5 Å². The first kappa shape index (κ1) is 21.2. The zero-order valence-electron chi connectivity index (χ0n) is 17.7. The van der Waals surface area contributed by atoms with E-state index < -0.39 is 5.91 Å². The minimum atomic E-state index is -0.398. The van der Waals surface area contributed by atoms with Crippen LogP contribution in [0.2, 0.25) is 0 Å². The van der Waals surface area contributed by atoms with E-state index in [-0.39, 0.29) is 24.5 Å². The lowest BCUT2D eigenvalue weighted by Crippen LogP contribution is -2.28. The molecule has 0 radical (unpaired) electrons. The molecule has 0 aliphatic heterocycles. The molecule has 0 unspecified atom stereocenters. The molecular formula is C24H22FN3O4. The van der Waals surface area contributed by atoms with Gasteiger partial charge in [-0.05, 0) is 30.3 Å². The molecule has 0 spiro atoms. The van der Waals surface area contributed by atoms with Gasteiger partial charge < -0.3 is 23.9 Å². The van der Waals surface area contributed by atoms with Crippen molar-refractivity contribution in [1.82, 2.24) is 9.13 Å².